The van der Waals surface area contributed by atoms with E-state index in [0.29, 0.717) is 18.3 Å². The van der Waals surface area contributed by atoms with E-state index in [-0.39, 0.29) is 23.1 Å². The molecule has 1 aromatic heterocycles. The van der Waals surface area contributed by atoms with Crippen molar-refractivity contribution in [1.82, 2.24) is 14.9 Å². The van der Waals surface area contributed by atoms with Gasteiger partial charge in [-0.15, -0.1) is 0 Å². The van der Waals surface area contributed by atoms with E-state index in [1.807, 2.05) is 44.2 Å². The molecular formula is C20H25N3O2. The topological polar surface area (TPSA) is 66.1 Å². The van der Waals surface area contributed by atoms with Gasteiger partial charge in [0, 0.05) is 25.2 Å². The van der Waals surface area contributed by atoms with Gasteiger partial charge < -0.3 is 9.88 Å². The average molecular weight is 339 g/mol. The van der Waals surface area contributed by atoms with Crippen LogP contribution in [0.15, 0.2) is 41.3 Å². The maximum Gasteiger partial charge on any atom is 0.263 e. The fraction of sp³-hybridized carbons (Fsp3) is 0.450. The van der Waals surface area contributed by atoms with Gasteiger partial charge in [-0.05, 0) is 44.6 Å². The first-order chi connectivity index (χ1) is 12.0. The number of aromatic nitrogens is 2. The molecule has 0 atom stereocenters. The van der Waals surface area contributed by atoms with Crippen LogP contribution < -0.4 is 5.56 Å². The summed E-state index contributed by atoms with van der Waals surface area (Å²) in [6.45, 7) is 4.50. The summed E-state index contributed by atoms with van der Waals surface area (Å²) in [6.07, 6.45) is 5.40. The Morgan fingerprint density at radius 2 is 2.00 bits per heavy atom. The zero-order valence-electron chi connectivity index (χ0n) is 14.9. The lowest BCUT2D eigenvalue weighted by molar-refractivity contribution is 0.0705. The lowest BCUT2D eigenvalue weighted by atomic mass is 10.1. The molecule has 1 heterocycles. The van der Waals surface area contributed by atoms with E-state index < -0.39 is 0 Å². The minimum absolute atomic E-state index is 0.0155. The smallest absolute Gasteiger partial charge is 0.263 e. The molecule has 3 rings (SSSR count). The molecule has 1 saturated carbocycles. The van der Waals surface area contributed by atoms with E-state index in [2.05, 4.69) is 9.97 Å². The first-order valence-electron chi connectivity index (χ1n) is 8.97. The Hall–Kier alpha value is -2.43. The summed E-state index contributed by atoms with van der Waals surface area (Å²) < 4.78 is 0. The van der Waals surface area contributed by atoms with Crippen molar-refractivity contribution in [3.05, 3.63) is 63.8 Å². The summed E-state index contributed by atoms with van der Waals surface area (Å²) in [5.74, 6) is 1.07. The van der Waals surface area contributed by atoms with Crippen LogP contribution in [-0.2, 0) is 12.8 Å². The number of rotatable bonds is 7. The highest BCUT2D eigenvalue weighted by molar-refractivity contribution is 5.93. The molecule has 1 aromatic carbocycles. The fourth-order valence-corrected chi connectivity index (χ4v) is 2.93. The Balaban J connectivity index is 1.72. The highest BCUT2D eigenvalue weighted by atomic mass is 16.2. The largest absolute Gasteiger partial charge is 0.336 e. The summed E-state index contributed by atoms with van der Waals surface area (Å²) in [4.78, 5) is 34.0. The van der Waals surface area contributed by atoms with Gasteiger partial charge in [0.25, 0.3) is 11.5 Å². The zero-order chi connectivity index (χ0) is 17.8. The van der Waals surface area contributed by atoms with Crippen LogP contribution in [-0.4, -0.2) is 33.4 Å². The first kappa shape index (κ1) is 17.4. The van der Waals surface area contributed by atoms with Crippen molar-refractivity contribution in [3.63, 3.8) is 0 Å². The lowest BCUT2D eigenvalue weighted by Gasteiger charge is -2.26. The van der Waals surface area contributed by atoms with Crippen molar-refractivity contribution in [2.24, 2.45) is 5.92 Å². The Labute approximate surface area is 148 Å². The maximum atomic E-state index is 12.8. The van der Waals surface area contributed by atoms with Crippen molar-refractivity contribution in [1.29, 1.82) is 0 Å². The molecule has 5 heteroatoms. The van der Waals surface area contributed by atoms with E-state index in [0.717, 1.165) is 12.8 Å². The van der Waals surface area contributed by atoms with E-state index >= 15 is 0 Å². The number of nitrogens with one attached hydrogen (secondary N) is 1. The second kappa shape index (κ2) is 7.64. The predicted octanol–water partition coefficient (Wildman–Crippen LogP) is 2.82. The molecule has 1 amide bonds. The third-order valence-corrected chi connectivity index (χ3v) is 4.63. The molecule has 1 fully saturated rings. The Kier molecular flexibility index (Phi) is 5.31. The molecule has 0 aliphatic heterocycles. The van der Waals surface area contributed by atoms with Crippen molar-refractivity contribution < 1.29 is 4.79 Å². The van der Waals surface area contributed by atoms with Crippen molar-refractivity contribution in [3.8, 4) is 0 Å². The number of nitrogens with zero attached hydrogens (tertiary/aromatic N) is 2. The van der Waals surface area contributed by atoms with Crippen molar-refractivity contribution in [2.75, 3.05) is 6.54 Å². The van der Waals surface area contributed by atoms with Crippen LogP contribution in [0.5, 0.6) is 0 Å². The highest BCUT2D eigenvalue weighted by Gasteiger charge is 2.25. The maximum absolute atomic E-state index is 12.8. The van der Waals surface area contributed by atoms with Crippen LogP contribution in [0, 0.1) is 5.92 Å². The summed E-state index contributed by atoms with van der Waals surface area (Å²) >= 11 is 0. The monoisotopic (exact) mass is 339 g/mol. The van der Waals surface area contributed by atoms with Crippen LogP contribution in [0.3, 0.4) is 0 Å². The molecule has 0 unspecified atom stereocenters. The fourth-order valence-electron chi connectivity index (χ4n) is 2.93. The second-order valence-corrected chi connectivity index (χ2v) is 7.05. The summed E-state index contributed by atoms with van der Waals surface area (Å²) in [6, 6.07) is 10.1. The molecule has 0 spiro atoms. The molecule has 25 heavy (non-hydrogen) atoms. The molecule has 1 aliphatic carbocycles. The zero-order valence-corrected chi connectivity index (χ0v) is 14.9. The minimum atomic E-state index is -0.332. The van der Waals surface area contributed by atoms with Crippen LogP contribution >= 0.6 is 0 Å². The summed E-state index contributed by atoms with van der Waals surface area (Å²) in [5, 5.41) is 0. The Bertz CT molecular complexity index is 779. The number of H-pyrrole nitrogens is 1. The molecule has 1 N–H and O–H groups in total. The predicted molar refractivity (Wildman–Crippen MR) is 97.6 cm³/mol. The summed E-state index contributed by atoms with van der Waals surface area (Å²) in [5.41, 5.74) is 0.968. The van der Waals surface area contributed by atoms with E-state index in [1.165, 1.54) is 24.6 Å². The van der Waals surface area contributed by atoms with Gasteiger partial charge in [0.05, 0.1) is 0 Å². The average Bonchev–Trinajstić information content (AvgIpc) is 3.39. The lowest BCUT2D eigenvalue weighted by Crippen LogP contribution is -2.41. The Morgan fingerprint density at radius 3 is 2.60 bits per heavy atom. The molecule has 0 saturated heterocycles. The molecule has 132 valence electrons. The number of hydrogen-bond acceptors (Lipinski definition) is 3. The highest BCUT2D eigenvalue weighted by Crippen LogP contribution is 2.31. The Morgan fingerprint density at radius 1 is 1.28 bits per heavy atom. The summed E-state index contributed by atoms with van der Waals surface area (Å²) in [7, 11) is 0. The second-order valence-electron chi connectivity index (χ2n) is 7.05. The van der Waals surface area contributed by atoms with E-state index in [4.69, 9.17) is 0 Å². The molecule has 1 aliphatic rings. The van der Waals surface area contributed by atoms with E-state index in [1.54, 1.807) is 4.90 Å². The number of hydrogen-bond donors (Lipinski definition) is 1. The third-order valence-electron chi connectivity index (χ3n) is 4.63. The van der Waals surface area contributed by atoms with Crippen LogP contribution in [0.4, 0.5) is 0 Å². The number of aromatic amines is 1. The number of carbonyl (C=O) groups is 1. The number of amides is 1. The molecule has 0 radical (unpaired) electrons. The first-order valence-corrected chi connectivity index (χ1v) is 8.97. The van der Waals surface area contributed by atoms with Crippen LogP contribution in [0.25, 0.3) is 0 Å². The minimum Gasteiger partial charge on any atom is -0.336 e. The molecule has 5 nitrogen and oxygen atoms in total. The SMILES string of the molecule is CC(C)N(CCc1ccccc1)C(=O)c1cnc(CC2CC2)[nH]c1=O. The van der Waals surface area contributed by atoms with Gasteiger partial charge in [-0.25, -0.2) is 4.98 Å². The van der Waals surface area contributed by atoms with Gasteiger partial charge in [0.2, 0.25) is 0 Å². The number of benzene rings is 1. The number of carbonyl (C=O) groups excluding carboxylic acids is 1. The van der Waals surface area contributed by atoms with Gasteiger partial charge >= 0.3 is 0 Å². The van der Waals surface area contributed by atoms with Crippen LogP contribution in [0.2, 0.25) is 0 Å². The molecule has 0 bridgehead atoms. The normalized spacial score (nSPS) is 13.9. The van der Waals surface area contributed by atoms with E-state index in [9.17, 15) is 9.59 Å². The standard InChI is InChI=1S/C20H25N3O2/c1-14(2)23(11-10-15-6-4-3-5-7-15)20(25)17-13-21-18(22-19(17)24)12-16-8-9-16/h3-7,13-14,16H,8-12H2,1-2H3,(H,21,22,24). The van der Waals surface area contributed by atoms with Crippen LogP contribution in [0.1, 0.15) is 48.4 Å². The van der Waals surface area contributed by atoms with Gasteiger partial charge in [-0.1, -0.05) is 30.3 Å². The quantitative estimate of drug-likeness (QED) is 0.843. The van der Waals surface area contributed by atoms with Gasteiger partial charge in [-0.3, -0.25) is 9.59 Å². The van der Waals surface area contributed by atoms with Gasteiger partial charge in [-0.2, -0.15) is 0 Å². The van der Waals surface area contributed by atoms with Crippen molar-refractivity contribution in [2.45, 2.75) is 45.6 Å². The molecule has 2 aromatic rings. The van der Waals surface area contributed by atoms with Gasteiger partial charge in [0.1, 0.15) is 11.4 Å². The third kappa shape index (κ3) is 4.56. The van der Waals surface area contributed by atoms with Crippen molar-refractivity contribution >= 4 is 5.91 Å². The molecular weight excluding hydrogens is 314 g/mol. The van der Waals surface area contributed by atoms with Gasteiger partial charge in [0.15, 0.2) is 0 Å².